The van der Waals surface area contributed by atoms with Crippen molar-refractivity contribution in [3.8, 4) is 0 Å². The van der Waals surface area contributed by atoms with Crippen LogP contribution in [0.1, 0.15) is 296 Å². The summed E-state index contributed by atoms with van der Waals surface area (Å²) >= 11 is 0. The van der Waals surface area contributed by atoms with Crippen LogP contribution in [0.4, 0.5) is 0 Å². The van der Waals surface area contributed by atoms with Crippen molar-refractivity contribution in [2.24, 2.45) is 0 Å². The van der Waals surface area contributed by atoms with Gasteiger partial charge in [-0.25, -0.2) is 0 Å². The maximum absolute atomic E-state index is 12.4. The molecule has 0 heterocycles. The van der Waals surface area contributed by atoms with E-state index in [4.69, 9.17) is 4.74 Å². The summed E-state index contributed by atoms with van der Waals surface area (Å²) in [5.74, 6) is -0.0826. The highest BCUT2D eigenvalue weighted by atomic mass is 16.5. The highest BCUT2D eigenvalue weighted by Crippen LogP contribution is 2.17. The number of hydrogen-bond acceptors (Lipinski definition) is 5. The molecular weight excluding hydrogens is 743 g/mol. The molecule has 0 rings (SSSR count). The van der Waals surface area contributed by atoms with E-state index in [0.29, 0.717) is 19.4 Å². The second-order valence-corrected chi connectivity index (χ2v) is 18.6. The highest BCUT2D eigenvalue weighted by molar-refractivity contribution is 5.76. The van der Waals surface area contributed by atoms with Crippen LogP contribution in [0.25, 0.3) is 0 Å². The summed E-state index contributed by atoms with van der Waals surface area (Å²) in [5, 5.41) is 23.0. The van der Waals surface area contributed by atoms with Crippen molar-refractivity contribution >= 4 is 11.9 Å². The van der Waals surface area contributed by atoms with Crippen LogP contribution in [0.2, 0.25) is 0 Å². The van der Waals surface area contributed by atoms with Crippen LogP contribution in [-0.2, 0) is 14.3 Å². The Bertz CT molecular complexity index is 893. The number of amides is 1. The molecule has 0 aromatic rings. The molecule has 356 valence electrons. The average molecular weight is 848 g/mol. The molecule has 0 radical (unpaired) electrons. The zero-order chi connectivity index (χ0) is 43.7. The zero-order valence-corrected chi connectivity index (χ0v) is 40.5. The topological polar surface area (TPSA) is 95.9 Å². The Balaban J connectivity index is 3.44. The summed E-state index contributed by atoms with van der Waals surface area (Å²) in [5.41, 5.74) is 0. The third-order valence-electron chi connectivity index (χ3n) is 12.6. The van der Waals surface area contributed by atoms with Crippen LogP contribution in [0.3, 0.4) is 0 Å². The van der Waals surface area contributed by atoms with Crippen molar-refractivity contribution in [3.63, 3.8) is 0 Å². The monoisotopic (exact) mass is 848 g/mol. The van der Waals surface area contributed by atoms with Gasteiger partial charge in [-0.15, -0.1) is 0 Å². The van der Waals surface area contributed by atoms with E-state index in [-0.39, 0.29) is 18.5 Å². The fourth-order valence-corrected chi connectivity index (χ4v) is 8.40. The van der Waals surface area contributed by atoms with Crippen LogP contribution in [0.5, 0.6) is 0 Å². The summed E-state index contributed by atoms with van der Waals surface area (Å²) in [4.78, 5) is 24.5. The number of carbonyl (C=O) groups is 2. The predicted molar refractivity (Wildman–Crippen MR) is 260 cm³/mol. The van der Waals surface area contributed by atoms with Gasteiger partial charge < -0.3 is 20.3 Å². The Hall–Kier alpha value is -1.40. The fraction of sp³-hybridized carbons (Fsp3) is 0.926. The highest BCUT2D eigenvalue weighted by Gasteiger charge is 2.18. The summed E-state index contributed by atoms with van der Waals surface area (Å²) in [6.07, 6.45) is 57.9. The first kappa shape index (κ1) is 58.6. The van der Waals surface area contributed by atoms with Crippen molar-refractivity contribution in [1.82, 2.24) is 5.32 Å². The van der Waals surface area contributed by atoms with Crippen molar-refractivity contribution in [2.45, 2.75) is 309 Å². The lowest BCUT2D eigenvalue weighted by atomic mass is 10.0. The number of carbonyl (C=O) groups excluding carboxylic acids is 2. The number of aliphatic hydroxyl groups excluding tert-OH is 2. The lowest BCUT2D eigenvalue weighted by Gasteiger charge is -2.20. The summed E-state index contributed by atoms with van der Waals surface area (Å²) in [6, 6.07) is -0.635. The molecule has 2 unspecified atom stereocenters. The minimum atomic E-state index is -0.851. The van der Waals surface area contributed by atoms with Gasteiger partial charge in [-0.3, -0.25) is 9.59 Å². The van der Waals surface area contributed by atoms with Crippen molar-refractivity contribution < 1.29 is 24.5 Å². The minimum absolute atomic E-state index is 0.00279. The fourth-order valence-electron chi connectivity index (χ4n) is 8.40. The second kappa shape index (κ2) is 50.2. The second-order valence-electron chi connectivity index (χ2n) is 18.6. The minimum Gasteiger partial charge on any atom is -0.466 e. The van der Waals surface area contributed by atoms with Gasteiger partial charge in [0.15, 0.2) is 0 Å². The van der Waals surface area contributed by atoms with Gasteiger partial charge in [0, 0.05) is 12.8 Å². The van der Waals surface area contributed by atoms with Gasteiger partial charge in [-0.2, -0.15) is 0 Å². The molecule has 6 nitrogen and oxygen atoms in total. The van der Waals surface area contributed by atoms with Gasteiger partial charge >= 0.3 is 5.97 Å². The molecule has 6 heteroatoms. The summed E-state index contributed by atoms with van der Waals surface area (Å²) in [6.45, 7) is 4.88. The van der Waals surface area contributed by atoms with Crippen molar-refractivity contribution in [2.75, 3.05) is 13.2 Å². The molecule has 0 spiro atoms. The first-order valence-electron chi connectivity index (χ1n) is 27.0. The molecule has 0 aliphatic heterocycles. The molecule has 3 N–H and O–H groups in total. The summed E-state index contributed by atoms with van der Waals surface area (Å²) < 4.78 is 5.48. The van der Waals surface area contributed by atoms with Gasteiger partial charge in [-0.05, 0) is 32.1 Å². The normalized spacial score (nSPS) is 12.7. The number of nitrogens with one attached hydrogen (secondary N) is 1. The number of aliphatic hydroxyl groups is 2. The van der Waals surface area contributed by atoms with Crippen molar-refractivity contribution in [3.05, 3.63) is 12.2 Å². The number of esters is 1. The van der Waals surface area contributed by atoms with Gasteiger partial charge in [0.1, 0.15) is 0 Å². The number of rotatable bonds is 50. The molecule has 0 bridgehead atoms. The molecule has 60 heavy (non-hydrogen) atoms. The van der Waals surface area contributed by atoms with E-state index in [9.17, 15) is 19.8 Å². The average Bonchev–Trinajstić information content (AvgIpc) is 3.25. The lowest BCUT2D eigenvalue weighted by Crippen LogP contribution is -2.45. The van der Waals surface area contributed by atoms with Gasteiger partial charge in [0.25, 0.3) is 0 Å². The Morgan fingerprint density at radius 2 is 0.767 bits per heavy atom. The number of hydrogen-bond donors (Lipinski definition) is 3. The van der Waals surface area contributed by atoms with Crippen LogP contribution in [0.15, 0.2) is 12.2 Å². The maximum atomic E-state index is 12.4. The third kappa shape index (κ3) is 46.1. The van der Waals surface area contributed by atoms with Gasteiger partial charge in [0.2, 0.25) is 5.91 Å². The van der Waals surface area contributed by atoms with E-state index in [1.807, 2.05) is 6.08 Å². The maximum Gasteiger partial charge on any atom is 0.305 e. The molecule has 0 aliphatic carbocycles. The lowest BCUT2D eigenvalue weighted by molar-refractivity contribution is -0.143. The largest absolute Gasteiger partial charge is 0.466 e. The van der Waals surface area contributed by atoms with E-state index in [0.717, 1.165) is 57.8 Å². The number of allylic oxidation sites excluding steroid dienone is 1. The zero-order valence-electron chi connectivity index (χ0n) is 40.5. The Kier molecular flexibility index (Phi) is 49.1. The molecule has 0 aromatic heterocycles. The molecule has 0 saturated heterocycles. The van der Waals surface area contributed by atoms with Crippen LogP contribution >= 0.6 is 0 Å². The third-order valence-corrected chi connectivity index (χ3v) is 12.6. The van der Waals surface area contributed by atoms with Crippen molar-refractivity contribution in [1.29, 1.82) is 0 Å². The van der Waals surface area contributed by atoms with E-state index in [2.05, 4.69) is 19.2 Å². The first-order chi connectivity index (χ1) is 29.5. The Morgan fingerprint density at radius 3 is 1.13 bits per heavy atom. The van der Waals surface area contributed by atoms with E-state index < -0.39 is 12.1 Å². The smallest absolute Gasteiger partial charge is 0.305 e. The number of unbranched alkanes of at least 4 members (excludes halogenated alkanes) is 39. The Morgan fingerprint density at radius 1 is 0.450 bits per heavy atom. The van der Waals surface area contributed by atoms with E-state index >= 15 is 0 Å². The first-order valence-corrected chi connectivity index (χ1v) is 27.0. The molecule has 1 amide bonds. The van der Waals surface area contributed by atoms with Gasteiger partial charge in [-0.1, -0.05) is 264 Å². The SMILES string of the molecule is CCCCCCCCCCCCC/C=C/C(O)C(CO)NC(=O)CCCCCCCCCCCCCCCOC(=O)CCCCCCCCCCCCCCCCCCC. The molecule has 0 fully saturated rings. The predicted octanol–water partition coefficient (Wildman–Crippen LogP) is 16.1. The summed E-state index contributed by atoms with van der Waals surface area (Å²) in [7, 11) is 0. The van der Waals surface area contributed by atoms with Crippen LogP contribution < -0.4 is 5.32 Å². The quantitative estimate of drug-likeness (QED) is 0.0322. The van der Waals surface area contributed by atoms with Crippen LogP contribution in [0, 0.1) is 0 Å². The van der Waals surface area contributed by atoms with E-state index in [1.54, 1.807) is 6.08 Å². The van der Waals surface area contributed by atoms with Crippen LogP contribution in [-0.4, -0.2) is 47.4 Å². The standard InChI is InChI=1S/C54H105NO5/c1-3-5-7-9-11-13-15-17-18-19-20-24-28-32-36-40-44-48-54(59)60-49-45-41-37-33-29-25-21-23-27-31-35-39-43-47-53(58)55-51(50-56)52(57)46-42-38-34-30-26-22-16-14-12-10-8-6-4-2/h42,46,51-52,56-57H,3-41,43-45,47-50H2,1-2H3,(H,55,58)/b46-42+. The molecule has 0 saturated carbocycles. The molecular formula is C54H105NO5. The Labute approximate surface area is 374 Å². The molecule has 0 aromatic carbocycles. The van der Waals surface area contributed by atoms with Gasteiger partial charge in [0.05, 0.1) is 25.4 Å². The number of ether oxygens (including phenoxy) is 1. The molecule has 2 atom stereocenters. The van der Waals surface area contributed by atoms with E-state index in [1.165, 1.54) is 212 Å². The molecule has 0 aliphatic rings.